The number of aryl methyl sites for hydroxylation is 1. The van der Waals surface area contributed by atoms with Gasteiger partial charge >= 0.3 is 0 Å². The summed E-state index contributed by atoms with van der Waals surface area (Å²) in [6.45, 7) is 5.19. The van der Waals surface area contributed by atoms with E-state index in [4.69, 9.17) is 18.6 Å². The average Bonchev–Trinajstić information content (AvgIpc) is 3.28. The molecule has 2 heterocycles. The van der Waals surface area contributed by atoms with Crippen molar-refractivity contribution < 1.29 is 23.4 Å². The van der Waals surface area contributed by atoms with Crippen LogP contribution in [0.2, 0.25) is 0 Å². The van der Waals surface area contributed by atoms with Crippen molar-refractivity contribution in [2.75, 3.05) is 13.2 Å². The third kappa shape index (κ3) is 5.14. The number of nitrogens with one attached hydrogen (secondary N) is 1. The van der Waals surface area contributed by atoms with Crippen LogP contribution < -0.4 is 19.5 Å². The van der Waals surface area contributed by atoms with Gasteiger partial charge in [0.05, 0.1) is 6.04 Å². The van der Waals surface area contributed by atoms with E-state index >= 15 is 0 Å². The molecule has 1 amide bonds. The number of aromatic nitrogens is 1. The van der Waals surface area contributed by atoms with E-state index in [1.807, 2.05) is 74.5 Å². The van der Waals surface area contributed by atoms with Gasteiger partial charge in [-0.25, -0.2) is 4.98 Å². The van der Waals surface area contributed by atoms with Gasteiger partial charge in [-0.3, -0.25) is 4.79 Å². The first-order valence-corrected chi connectivity index (χ1v) is 11.5. The van der Waals surface area contributed by atoms with Crippen LogP contribution in [0.3, 0.4) is 0 Å². The summed E-state index contributed by atoms with van der Waals surface area (Å²) in [5, 5.41) is 3.03. The molecule has 35 heavy (non-hydrogen) atoms. The first kappa shape index (κ1) is 22.5. The molecule has 3 aromatic carbocycles. The molecule has 178 valence electrons. The Hall–Kier alpha value is -4.26. The van der Waals surface area contributed by atoms with Crippen LogP contribution in [0.15, 0.2) is 77.2 Å². The van der Waals surface area contributed by atoms with E-state index in [2.05, 4.69) is 10.3 Å². The van der Waals surface area contributed by atoms with Crippen molar-refractivity contribution in [1.82, 2.24) is 10.3 Å². The molecule has 0 spiro atoms. The van der Waals surface area contributed by atoms with Crippen molar-refractivity contribution in [2.45, 2.75) is 26.5 Å². The minimum Gasteiger partial charge on any atom is -0.487 e. The van der Waals surface area contributed by atoms with Crippen LogP contribution in [0.25, 0.3) is 11.5 Å². The number of hydrogen-bond acceptors (Lipinski definition) is 6. The number of fused-ring (bicyclic) bond motifs is 1. The molecule has 0 aliphatic carbocycles. The van der Waals surface area contributed by atoms with Crippen LogP contribution in [-0.2, 0) is 6.61 Å². The highest BCUT2D eigenvalue weighted by molar-refractivity contribution is 5.94. The molecule has 5 rings (SSSR count). The molecule has 0 unspecified atom stereocenters. The summed E-state index contributed by atoms with van der Waals surface area (Å²) < 4.78 is 22.8. The van der Waals surface area contributed by atoms with Gasteiger partial charge in [-0.15, -0.1) is 0 Å². The van der Waals surface area contributed by atoms with Gasteiger partial charge in [-0.1, -0.05) is 24.3 Å². The SMILES string of the molecule is Cc1oc(-c2ccc(C(=O)N[C@H](C)c3ccc4c(c3)OCCO4)cc2)nc1COc1ccccc1. The van der Waals surface area contributed by atoms with Crippen LogP contribution in [0, 0.1) is 6.92 Å². The van der Waals surface area contributed by atoms with Gasteiger partial charge in [-0.2, -0.15) is 0 Å². The van der Waals surface area contributed by atoms with Crippen LogP contribution >= 0.6 is 0 Å². The fraction of sp³-hybridized carbons (Fsp3) is 0.214. The number of ether oxygens (including phenoxy) is 3. The van der Waals surface area contributed by atoms with E-state index in [9.17, 15) is 4.79 Å². The normalized spacial score (nSPS) is 13.2. The molecule has 1 aliphatic heterocycles. The number of oxazole rings is 1. The molecular weight excluding hydrogens is 444 g/mol. The van der Waals surface area contributed by atoms with Gasteiger partial charge in [0.2, 0.25) is 5.89 Å². The summed E-state index contributed by atoms with van der Waals surface area (Å²) in [7, 11) is 0. The Morgan fingerprint density at radius 1 is 1.00 bits per heavy atom. The lowest BCUT2D eigenvalue weighted by molar-refractivity contribution is 0.0939. The summed E-state index contributed by atoms with van der Waals surface area (Å²) in [6, 6.07) is 22.3. The monoisotopic (exact) mass is 470 g/mol. The third-order valence-electron chi connectivity index (χ3n) is 5.82. The number of rotatable bonds is 7. The first-order valence-electron chi connectivity index (χ1n) is 11.5. The molecule has 0 bridgehead atoms. The molecule has 1 atom stereocenters. The zero-order valence-electron chi connectivity index (χ0n) is 19.6. The van der Waals surface area contributed by atoms with Gasteiger partial charge in [0.15, 0.2) is 11.5 Å². The van der Waals surface area contributed by atoms with E-state index < -0.39 is 0 Å². The van der Waals surface area contributed by atoms with Gasteiger partial charge < -0.3 is 23.9 Å². The number of hydrogen-bond donors (Lipinski definition) is 1. The fourth-order valence-corrected chi connectivity index (χ4v) is 3.81. The summed E-state index contributed by atoms with van der Waals surface area (Å²) in [5.41, 5.74) is 3.02. The summed E-state index contributed by atoms with van der Waals surface area (Å²) in [5.74, 6) is 3.23. The first-order chi connectivity index (χ1) is 17.1. The number of carbonyl (C=O) groups is 1. The molecule has 1 N–H and O–H groups in total. The van der Waals surface area contributed by atoms with E-state index in [0.717, 1.165) is 28.3 Å². The van der Waals surface area contributed by atoms with Gasteiger partial charge in [0.25, 0.3) is 5.91 Å². The van der Waals surface area contributed by atoms with Crippen molar-refractivity contribution in [2.24, 2.45) is 0 Å². The highest BCUT2D eigenvalue weighted by Crippen LogP contribution is 2.32. The molecular formula is C28H26N2O5. The van der Waals surface area contributed by atoms with Gasteiger partial charge in [-0.05, 0) is 67.9 Å². The van der Waals surface area contributed by atoms with Crippen LogP contribution in [0.5, 0.6) is 17.2 Å². The minimum absolute atomic E-state index is 0.167. The molecule has 1 aliphatic rings. The van der Waals surface area contributed by atoms with Crippen molar-refractivity contribution in [3.05, 3.63) is 95.4 Å². The maximum absolute atomic E-state index is 12.8. The van der Waals surface area contributed by atoms with Crippen molar-refractivity contribution in [3.8, 4) is 28.7 Å². The number of benzene rings is 3. The smallest absolute Gasteiger partial charge is 0.251 e. The third-order valence-corrected chi connectivity index (χ3v) is 5.82. The lowest BCUT2D eigenvalue weighted by atomic mass is 10.1. The highest BCUT2D eigenvalue weighted by Gasteiger charge is 2.17. The number of nitrogens with zero attached hydrogens (tertiary/aromatic N) is 1. The Morgan fingerprint density at radius 3 is 2.51 bits per heavy atom. The van der Waals surface area contributed by atoms with E-state index in [1.165, 1.54) is 0 Å². The molecule has 0 radical (unpaired) electrons. The lowest BCUT2D eigenvalue weighted by Crippen LogP contribution is -2.26. The molecule has 1 aromatic heterocycles. The Balaban J connectivity index is 1.23. The molecule has 7 nitrogen and oxygen atoms in total. The molecule has 4 aromatic rings. The topological polar surface area (TPSA) is 82.8 Å². The zero-order chi connectivity index (χ0) is 24.2. The van der Waals surface area contributed by atoms with Crippen LogP contribution in [0.4, 0.5) is 0 Å². The fourth-order valence-electron chi connectivity index (χ4n) is 3.81. The maximum atomic E-state index is 12.8. The molecule has 0 saturated heterocycles. The van der Waals surface area contributed by atoms with Crippen molar-refractivity contribution in [1.29, 1.82) is 0 Å². The second-order valence-corrected chi connectivity index (χ2v) is 8.30. The number of amides is 1. The largest absolute Gasteiger partial charge is 0.487 e. The summed E-state index contributed by atoms with van der Waals surface area (Å²) in [4.78, 5) is 17.4. The predicted molar refractivity (Wildman–Crippen MR) is 131 cm³/mol. The van der Waals surface area contributed by atoms with Crippen LogP contribution in [-0.4, -0.2) is 24.1 Å². The molecule has 7 heteroatoms. The average molecular weight is 471 g/mol. The molecule has 0 fully saturated rings. The molecule has 0 saturated carbocycles. The van der Waals surface area contributed by atoms with Gasteiger partial charge in [0, 0.05) is 11.1 Å². The summed E-state index contributed by atoms with van der Waals surface area (Å²) in [6.07, 6.45) is 0. The number of carbonyl (C=O) groups excluding carboxylic acids is 1. The van der Waals surface area contributed by atoms with Crippen LogP contribution in [0.1, 0.15) is 40.3 Å². The Bertz CT molecular complexity index is 1320. The second kappa shape index (κ2) is 9.93. The lowest BCUT2D eigenvalue weighted by Gasteiger charge is -2.21. The predicted octanol–water partition coefficient (Wildman–Crippen LogP) is 5.49. The quantitative estimate of drug-likeness (QED) is 0.385. The van der Waals surface area contributed by atoms with E-state index in [0.29, 0.717) is 42.8 Å². The standard InChI is InChI=1S/C28H26N2O5/c1-18(22-12-13-25-26(16-22)33-15-14-32-25)29-27(31)20-8-10-21(11-9-20)28-30-24(19(2)35-28)17-34-23-6-4-3-5-7-23/h3-13,16,18H,14-15,17H2,1-2H3,(H,29,31)/t18-/m1/s1. The number of para-hydroxylation sites is 1. The minimum atomic E-state index is -0.195. The van der Waals surface area contributed by atoms with Crippen molar-refractivity contribution in [3.63, 3.8) is 0 Å². The van der Waals surface area contributed by atoms with Gasteiger partial charge in [0.1, 0.15) is 37.0 Å². The second-order valence-electron chi connectivity index (χ2n) is 8.30. The zero-order valence-corrected chi connectivity index (χ0v) is 19.6. The van der Waals surface area contributed by atoms with Crippen molar-refractivity contribution >= 4 is 5.91 Å². The maximum Gasteiger partial charge on any atom is 0.251 e. The van der Waals surface area contributed by atoms with E-state index in [1.54, 1.807) is 12.1 Å². The Labute approximate surface area is 203 Å². The summed E-state index contributed by atoms with van der Waals surface area (Å²) >= 11 is 0. The van der Waals surface area contributed by atoms with E-state index in [-0.39, 0.29) is 11.9 Å². The Morgan fingerprint density at radius 2 is 1.74 bits per heavy atom. The Kier molecular flexibility index (Phi) is 6.39. The highest BCUT2D eigenvalue weighted by atomic mass is 16.6.